The highest BCUT2D eigenvalue weighted by Crippen LogP contribution is 2.24. The van der Waals surface area contributed by atoms with Crippen LogP contribution in [0.25, 0.3) is 16.7 Å². The molecule has 0 bridgehead atoms. The average Bonchev–Trinajstić information content (AvgIpc) is 2.89. The highest BCUT2D eigenvalue weighted by Gasteiger charge is 2.07. The zero-order valence-electron chi connectivity index (χ0n) is 11.9. The van der Waals surface area contributed by atoms with Crippen LogP contribution in [0.2, 0.25) is 5.02 Å². The summed E-state index contributed by atoms with van der Waals surface area (Å²) in [6.45, 7) is 2.20. The average molecular weight is 301 g/mol. The van der Waals surface area contributed by atoms with Gasteiger partial charge in [-0.05, 0) is 42.7 Å². The highest BCUT2D eigenvalue weighted by atomic mass is 35.5. The van der Waals surface area contributed by atoms with Gasteiger partial charge < -0.3 is 5.73 Å². The zero-order valence-corrected chi connectivity index (χ0v) is 12.6. The number of nitrogens with zero attached hydrogens (tertiary/aromatic N) is 3. The van der Waals surface area contributed by atoms with E-state index in [1.165, 1.54) is 18.4 Å². The van der Waals surface area contributed by atoms with E-state index in [0.29, 0.717) is 10.7 Å². The van der Waals surface area contributed by atoms with E-state index in [9.17, 15) is 0 Å². The Kier molecular flexibility index (Phi) is 3.80. The predicted octanol–water partition coefficient (Wildman–Crippen LogP) is 4.00. The van der Waals surface area contributed by atoms with Gasteiger partial charge in [0.2, 0.25) is 0 Å². The van der Waals surface area contributed by atoms with Crippen LogP contribution in [0, 0.1) is 0 Å². The van der Waals surface area contributed by atoms with Gasteiger partial charge in [0.15, 0.2) is 0 Å². The SMILES string of the molecule is CCCCc1ccc(-n2nc3cc(N)c(Cl)cc3n2)cc1. The van der Waals surface area contributed by atoms with Gasteiger partial charge in [0, 0.05) is 0 Å². The number of nitrogens with two attached hydrogens (primary N) is 1. The van der Waals surface area contributed by atoms with Gasteiger partial charge in [-0.1, -0.05) is 37.1 Å². The topological polar surface area (TPSA) is 56.7 Å². The number of fused-ring (bicyclic) bond motifs is 1. The molecule has 0 fully saturated rings. The summed E-state index contributed by atoms with van der Waals surface area (Å²) < 4.78 is 0. The minimum absolute atomic E-state index is 0.504. The van der Waals surface area contributed by atoms with Crippen molar-refractivity contribution in [3.8, 4) is 5.69 Å². The van der Waals surface area contributed by atoms with Gasteiger partial charge in [0.25, 0.3) is 0 Å². The third kappa shape index (κ3) is 2.85. The number of nitrogen functional groups attached to an aromatic ring is 1. The Morgan fingerprint density at radius 3 is 2.43 bits per heavy atom. The van der Waals surface area contributed by atoms with E-state index in [0.717, 1.165) is 23.1 Å². The maximum absolute atomic E-state index is 6.01. The van der Waals surface area contributed by atoms with E-state index >= 15 is 0 Å². The van der Waals surface area contributed by atoms with E-state index in [4.69, 9.17) is 17.3 Å². The summed E-state index contributed by atoms with van der Waals surface area (Å²) >= 11 is 6.01. The van der Waals surface area contributed by atoms with Crippen molar-refractivity contribution < 1.29 is 0 Å². The normalized spacial score (nSPS) is 11.1. The molecule has 0 amide bonds. The van der Waals surface area contributed by atoms with Crippen LogP contribution in [-0.4, -0.2) is 15.0 Å². The van der Waals surface area contributed by atoms with E-state index < -0.39 is 0 Å². The Hall–Kier alpha value is -2.07. The third-order valence-electron chi connectivity index (χ3n) is 3.49. The molecule has 1 aromatic heterocycles. The Bertz CT molecular complexity index is 723. The molecule has 0 atom stereocenters. The molecule has 3 aromatic rings. The number of anilines is 1. The van der Waals surface area contributed by atoms with Gasteiger partial charge in [-0.25, -0.2) is 0 Å². The van der Waals surface area contributed by atoms with Gasteiger partial charge in [-0.3, -0.25) is 0 Å². The largest absolute Gasteiger partial charge is 0.397 e. The number of hydrogen-bond acceptors (Lipinski definition) is 3. The fourth-order valence-corrected chi connectivity index (χ4v) is 2.40. The third-order valence-corrected chi connectivity index (χ3v) is 3.81. The molecule has 0 saturated carbocycles. The summed E-state index contributed by atoms with van der Waals surface area (Å²) in [6.07, 6.45) is 3.52. The van der Waals surface area contributed by atoms with Gasteiger partial charge in [0.05, 0.1) is 16.4 Å². The number of aromatic nitrogens is 3. The molecule has 0 unspecified atom stereocenters. The molecular formula is C16H17ClN4. The van der Waals surface area contributed by atoms with Crippen LogP contribution >= 0.6 is 11.6 Å². The first kappa shape index (κ1) is 13.9. The molecule has 0 radical (unpaired) electrons. The van der Waals surface area contributed by atoms with E-state index in [1.807, 2.05) is 12.1 Å². The predicted molar refractivity (Wildman–Crippen MR) is 86.9 cm³/mol. The zero-order chi connectivity index (χ0) is 14.8. The molecule has 0 aliphatic rings. The molecule has 0 spiro atoms. The van der Waals surface area contributed by atoms with E-state index in [2.05, 4.69) is 29.3 Å². The van der Waals surface area contributed by atoms with Gasteiger partial charge in [-0.15, -0.1) is 10.2 Å². The molecular weight excluding hydrogens is 284 g/mol. The summed E-state index contributed by atoms with van der Waals surface area (Å²) in [5.74, 6) is 0. The second-order valence-electron chi connectivity index (χ2n) is 5.12. The number of unbranched alkanes of at least 4 members (excludes halogenated alkanes) is 1. The van der Waals surface area contributed by atoms with Crippen molar-refractivity contribution >= 4 is 28.3 Å². The monoisotopic (exact) mass is 300 g/mol. The van der Waals surface area contributed by atoms with Crippen molar-refractivity contribution in [3.63, 3.8) is 0 Å². The fourth-order valence-electron chi connectivity index (χ4n) is 2.25. The standard InChI is InChI=1S/C16H17ClN4/c1-2-3-4-11-5-7-12(8-6-11)21-19-15-9-13(17)14(18)10-16(15)20-21/h5-10H,2-4,18H2,1H3. The summed E-state index contributed by atoms with van der Waals surface area (Å²) in [5.41, 5.74) is 10.1. The molecule has 2 N–H and O–H groups in total. The Morgan fingerprint density at radius 1 is 1.10 bits per heavy atom. The molecule has 108 valence electrons. The lowest BCUT2D eigenvalue weighted by molar-refractivity contribution is 0.762. The van der Waals surface area contributed by atoms with Crippen molar-refractivity contribution in [3.05, 3.63) is 47.0 Å². The number of hydrogen-bond donors (Lipinski definition) is 1. The summed E-state index contributed by atoms with van der Waals surface area (Å²) in [5, 5.41) is 9.39. The maximum Gasteiger partial charge on any atom is 0.115 e. The molecule has 21 heavy (non-hydrogen) atoms. The minimum atomic E-state index is 0.504. The lowest BCUT2D eigenvalue weighted by Crippen LogP contribution is -1.98. The van der Waals surface area contributed by atoms with Gasteiger partial charge in [-0.2, -0.15) is 4.80 Å². The Labute approximate surface area is 128 Å². The molecule has 3 rings (SSSR count). The molecule has 0 saturated heterocycles. The number of rotatable bonds is 4. The van der Waals surface area contributed by atoms with Crippen molar-refractivity contribution in [1.29, 1.82) is 0 Å². The molecule has 0 aliphatic carbocycles. The summed E-state index contributed by atoms with van der Waals surface area (Å²) in [4.78, 5) is 1.62. The molecule has 5 heteroatoms. The highest BCUT2D eigenvalue weighted by molar-refractivity contribution is 6.33. The van der Waals surface area contributed by atoms with Crippen molar-refractivity contribution in [2.45, 2.75) is 26.2 Å². The first-order chi connectivity index (χ1) is 10.2. The molecule has 0 aliphatic heterocycles. The summed E-state index contributed by atoms with van der Waals surface area (Å²) in [7, 11) is 0. The Balaban J connectivity index is 1.92. The quantitative estimate of drug-likeness (QED) is 0.741. The minimum Gasteiger partial charge on any atom is -0.397 e. The van der Waals surface area contributed by atoms with Gasteiger partial charge in [0.1, 0.15) is 11.0 Å². The van der Waals surface area contributed by atoms with Crippen LogP contribution in [0.5, 0.6) is 0 Å². The second-order valence-corrected chi connectivity index (χ2v) is 5.53. The van der Waals surface area contributed by atoms with Crippen molar-refractivity contribution in [2.24, 2.45) is 0 Å². The lowest BCUT2D eigenvalue weighted by Gasteiger charge is -2.02. The van der Waals surface area contributed by atoms with Crippen LogP contribution in [0.15, 0.2) is 36.4 Å². The Morgan fingerprint density at radius 2 is 1.76 bits per heavy atom. The van der Waals surface area contributed by atoms with Crippen molar-refractivity contribution in [1.82, 2.24) is 15.0 Å². The molecule has 2 aromatic carbocycles. The summed E-state index contributed by atoms with van der Waals surface area (Å²) in [6, 6.07) is 11.8. The van der Waals surface area contributed by atoms with E-state index in [-0.39, 0.29) is 0 Å². The van der Waals surface area contributed by atoms with Crippen LogP contribution < -0.4 is 5.73 Å². The van der Waals surface area contributed by atoms with Crippen molar-refractivity contribution in [2.75, 3.05) is 5.73 Å². The maximum atomic E-state index is 6.01. The first-order valence-electron chi connectivity index (χ1n) is 7.09. The van der Waals surface area contributed by atoms with Crippen LogP contribution in [0.4, 0.5) is 5.69 Å². The smallest absolute Gasteiger partial charge is 0.115 e. The van der Waals surface area contributed by atoms with E-state index in [1.54, 1.807) is 16.9 Å². The first-order valence-corrected chi connectivity index (χ1v) is 7.46. The number of aryl methyl sites for hydroxylation is 1. The van der Waals surface area contributed by atoms with Gasteiger partial charge >= 0.3 is 0 Å². The van der Waals surface area contributed by atoms with Crippen LogP contribution in [-0.2, 0) is 6.42 Å². The molecule has 4 nitrogen and oxygen atoms in total. The number of benzene rings is 2. The second kappa shape index (κ2) is 5.74. The molecule has 1 heterocycles. The fraction of sp³-hybridized carbons (Fsp3) is 0.250. The van der Waals surface area contributed by atoms with Crippen LogP contribution in [0.3, 0.4) is 0 Å². The lowest BCUT2D eigenvalue weighted by atomic mass is 10.1. The number of halogens is 1. The van der Waals surface area contributed by atoms with Crippen LogP contribution in [0.1, 0.15) is 25.3 Å².